The van der Waals surface area contributed by atoms with Gasteiger partial charge in [0.2, 0.25) is 0 Å². The third-order valence-electron chi connectivity index (χ3n) is 1.13. The first-order valence-corrected chi connectivity index (χ1v) is 7.58. The van der Waals surface area contributed by atoms with Gasteiger partial charge in [-0.1, -0.05) is 0 Å². The molecule has 0 fully saturated rings. The molecule has 0 amide bonds. The summed E-state index contributed by atoms with van der Waals surface area (Å²) in [5.74, 6) is -2.33. The van der Waals surface area contributed by atoms with Crippen molar-refractivity contribution in [3.63, 3.8) is 0 Å². The van der Waals surface area contributed by atoms with Crippen LogP contribution in [0.5, 0.6) is 0 Å². The van der Waals surface area contributed by atoms with Crippen molar-refractivity contribution in [3.8, 4) is 0 Å². The number of hydrogen-bond donors (Lipinski definition) is 0. The van der Waals surface area contributed by atoms with Gasteiger partial charge < -0.3 is 17.7 Å². The number of hydrogen-bond acceptors (Lipinski definition) is 8. The zero-order valence-corrected chi connectivity index (χ0v) is 13.3. The van der Waals surface area contributed by atoms with Gasteiger partial charge in [-0.05, 0) is 0 Å². The fourth-order valence-electron chi connectivity index (χ4n) is 0.846. The van der Waals surface area contributed by atoms with Crippen molar-refractivity contribution in [1.82, 2.24) is 0 Å². The van der Waals surface area contributed by atoms with Crippen LogP contribution >= 0.6 is 0 Å². The summed E-state index contributed by atoms with van der Waals surface area (Å²) in [7, 11) is -0.982. The van der Waals surface area contributed by atoms with Gasteiger partial charge in [0.15, 0.2) is 0 Å². The van der Waals surface area contributed by atoms with E-state index in [1.807, 2.05) is 0 Å². The minimum atomic E-state index is -3.49. The molecule has 0 unspecified atom stereocenters. The monoisotopic (exact) mass is 307 g/mol. The van der Waals surface area contributed by atoms with E-state index in [2.05, 4.69) is 28.2 Å². The zero-order chi connectivity index (χ0) is 15.6. The highest BCUT2D eigenvalue weighted by Gasteiger charge is 2.45. The van der Waals surface area contributed by atoms with Crippen LogP contribution in [0.15, 0.2) is 0 Å². The van der Waals surface area contributed by atoms with E-state index < -0.39 is 26.7 Å². The molecule has 0 aromatic heterocycles. The minimum absolute atomic E-state index is 0.332. The molecule has 0 spiro atoms. The first-order valence-electron chi connectivity index (χ1n) is 4.95. The Bertz CT molecular complexity index is 313. The Balaban J connectivity index is 0. The molecule has 0 aromatic rings. The first-order chi connectivity index (χ1) is 8.52. The van der Waals surface area contributed by atoms with Gasteiger partial charge in [0, 0.05) is 34.2 Å². The molecule has 0 saturated heterocycles. The van der Waals surface area contributed by atoms with Crippen molar-refractivity contribution in [2.24, 2.45) is 0 Å². The number of rotatable bonds is 3. The highest BCUT2D eigenvalue weighted by Crippen LogP contribution is 2.10. The predicted octanol–water partition coefficient (Wildman–Crippen LogP) is -0.123. The second-order valence-corrected chi connectivity index (χ2v) is 5.78. The van der Waals surface area contributed by atoms with Crippen molar-refractivity contribution in [3.05, 3.63) is 0 Å². The molecule has 0 N–H and O–H groups in total. The van der Waals surface area contributed by atoms with Crippen LogP contribution in [0.3, 0.4) is 0 Å². The average molecular weight is 307 g/mol. The van der Waals surface area contributed by atoms with Gasteiger partial charge in [-0.15, -0.1) is 0 Å². The van der Waals surface area contributed by atoms with Gasteiger partial charge in [0.1, 0.15) is 0 Å². The Morgan fingerprint density at radius 3 is 1.05 bits per heavy atom. The van der Waals surface area contributed by atoms with Crippen LogP contribution in [-0.2, 0) is 36.9 Å². The van der Waals surface area contributed by atoms with E-state index in [0.29, 0.717) is 0 Å². The summed E-state index contributed by atoms with van der Waals surface area (Å²) in [6.45, 7) is 6.01. The molecule has 0 rings (SSSR count). The molecule has 19 heavy (non-hydrogen) atoms. The Morgan fingerprint density at radius 1 is 0.737 bits per heavy atom. The average Bonchev–Trinajstić information content (AvgIpc) is 2.13. The SMILES string of the molecule is CC(=O)O[Si].CC(=O)O[Si](C)(OC(C)=O)OC(C)=O. The first kappa shape index (κ1) is 19.6. The van der Waals surface area contributed by atoms with Crippen LogP contribution in [0.1, 0.15) is 27.7 Å². The van der Waals surface area contributed by atoms with Crippen molar-refractivity contribution >= 4 is 43.2 Å². The van der Waals surface area contributed by atoms with Gasteiger partial charge in [0.25, 0.3) is 23.9 Å². The zero-order valence-electron chi connectivity index (χ0n) is 11.3. The lowest BCUT2D eigenvalue weighted by atomic mass is 10.9. The molecule has 0 aliphatic heterocycles. The Hall–Kier alpha value is -1.69. The molecule has 107 valence electrons. The highest BCUT2D eigenvalue weighted by molar-refractivity contribution is 6.64. The molecule has 10 heteroatoms. The third-order valence-corrected chi connectivity index (χ3v) is 3.39. The van der Waals surface area contributed by atoms with Crippen LogP contribution in [0.2, 0.25) is 6.55 Å². The van der Waals surface area contributed by atoms with Crippen molar-refractivity contribution in [2.75, 3.05) is 0 Å². The van der Waals surface area contributed by atoms with Gasteiger partial charge in [-0.3, -0.25) is 19.2 Å². The smallest absolute Gasteiger partial charge is 0.516 e. The lowest BCUT2D eigenvalue weighted by Gasteiger charge is -2.22. The largest absolute Gasteiger partial charge is 0.701 e. The number of carbonyl (C=O) groups excluding carboxylic acids is 4. The molecule has 0 bridgehead atoms. The maximum atomic E-state index is 10.7. The summed E-state index contributed by atoms with van der Waals surface area (Å²) in [4.78, 5) is 41.5. The van der Waals surface area contributed by atoms with Gasteiger partial charge >= 0.3 is 19.3 Å². The maximum absolute atomic E-state index is 10.7. The lowest BCUT2D eigenvalue weighted by Crippen LogP contribution is -2.46. The van der Waals surface area contributed by atoms with E-state index in [1.165, 1.54) is 13.5 Å². The summed E-state index contributed by atoms with van der Waals surface area (Å²) >= 11 is 0. The van der Waals surface area contributed by atoms with Crippen molar-refractivity contribution in [1.29, 1.82) is 0 Å². The highest BCUT2D eigenvalue weighted by atomic mass is 28.4. The fourth-order valence-corrected chi connectivity index (χ4v) is 2.54. The van der Waals surface area contributed by atoms with E-state index in [4.69, 9.17) is 0 Å². The van der Waals surface area contributed by atoms with E-state index in [1.54, 1.807) is 0 Å². The molecule has 8 nitrogen and oxygen atoms in total. The van der Waals surface area contributed by atoms with Crippen LogP contribution in [0.4, 0.5) is 0 Å². The van der Waals surface area contributed by atoms with Crippen LogP contribution < -0.4 is 0 Å². The number of carbonyl (C=O) groups is 4. The normalized spacial score (nSPS) is 9.37. The van der Waals surface area contributed by atoms with Crippen LogP contribution in [-0.4, -0.2) is 43.2 Å². The van der Waals surface area contributed by atoms with E-state index in [0.717, 1.165) is 20.8 Å². The summed E-state index contributed by atoms with van der Waals surface area (Å²) in [6, 6.07) is 0. The van der Waals surface area contributed by atoms with Crippen LogP contribution in [0, 0.1) is 0 Å². The molecule has 0 saturated carbocycles. The Kier molecular flexibility index (Phi) is 9.59. The predicted molar refractivity (Wildman–Crippen MR) is 64.4 cm³/mol. The molecule has 0 aliphatic carbocycles. The summed E-state index contributed by atoms with van der Waals surface area (Å²) in [5, 5.41) is 0. The molecule has 0 aromatic carbocycles. The fraction of sp³-hybridized carbons (Fsp3) is 0.556. The molecule has 3 radical (unpaired) electrons. The summed E-state index contributed by atoms with van der Waals surface area (Å²) in [6.07, 6.45) is 0. The molecular formula is C9H15O8Si2. The Morgan fingerprint density at radius 2 is 0.947 bits per heavy atom. The van der Waals surface area contributed by atoms with Gasteiger partial charge in [-0.2, -0.15) is 0 Å². The van der Waals surface area contributed by atoms with E-state index >= 15 is 0 Å². The van der Waals surface area contributed by atoms with Gasteiger partial charge in [-0.25, -0.2) is 0 Å². The van der Waals surface area contributed by atoms with E-state index in [9.17, 15) is 19.2 Å². The molecule has 0 atom stereocenters. The minimum Gasteiger partial charge on any atom is -0.516 e. The quantitative estimate of drug-likeness (QED) is 0.664. The Labute approximate surface area is 115 Å². The summed E-state index contributed by atoms with van der Waals surface area (Å²) in [5.41, 5.74) is 0. The summed E-state index contributed by atoms with van der Waals surface area (Å²) < 4.78 is 17.9. The molecule has 0 heterocycles. The second-order valence-electron chi connectivity index (χ2n) is 3.24. The van der Waals surface area contributed by atoms with Crippen molar-refractivity contribution < 1.29 is 36.9 Å². The topological polar surface area (TPSA) is 105 Å². The van der Waals surface area contributed by atoms with Crippen LogP contribution in [0.25, 0.3) is 0 Å². The van der Waals surface area contributed by atoms with E-state index in [-0.39, 0.29) is 5.97 Å². The maximum Gasteiger partial charge on any atom is 0.701 e. The van der Waals surface area contributed by atoms with Gasteiger partial charge in [0.05, 0.1) is 0 Å². The second kappa shape index (κ2) is 9.27. The third kappa shape index (κ3) is 14.3. The lowest BCUT2D eigenvalue weighted by molar-refractivity contribution is -0.147. The van der Waals surface area contributed by atoms with Crippen molar-refractivity contribution in [2.45, 2.75) is 34.2 Å². The molecule has 0 aliphatic rings. The standard InChI is InChI=1S/C7H12O6Si.C2H3O2Si/c1-5(8)11-14(4,12-6(2)9)13-7(3)10;1-2(3)4-5/h1-4H3;1H3. The molecular weight excluding hydrogens is 292 g/mol.